The molecule has 1 aliphatic heterocycles. The maximum atomic E-state index is 12.0. The molecule has 3 nitrogen and oxygen atoms in total. The Morgan fingerprint density at radius 1 is 1.04 bits per heavy atom. The third-order valence-corrected chi connectivity index (χ3v) is 9.36. The fraction of sp³-hybridized carbons (Fsp3) is 0.680. The number of fused-ring (bicyclic) bond motifs is 5. The molecule has 0 radical (unpaired) electrons. The molecule has 7 atom stereocenters. The molecule has 0 aromatic carbocycles. The molecular formula is C25H34N2O. The highest BCUT2D eigenvalue weighted by molar-refractivity contribution is 5.77. The Balaban J connectivity index is 1.37. The van der Waals surface area contributed by atoms with Crippen molar-refractivity contribution in [2.45, 2.75) is 71.3 Å². The smallest absolute Gasteiger partial charge is 0.220 e. The zero-order valence-corrected chi connectivity index (χ0v) is 17.4. The van der Waals surface area contributed by atoms with E-state index in [0.717, 1.165) is 36.3 Å². The van der Waals surface area contributed by atoms with Gasteiger partial charge < -0.3 is 5.32 Å². The Bertz CT molecular complexity index is 774. The Labute approximate surface area is 169 Å². The number of carbonyl (C=O) groups excluding carboxylic acids is 1. The van der Waals surface area contributed by atoms with Crippen molar-refractivity contribution in [3.8, 4) is 0 Å². The standard InChI is InChI=1S/C25H34N2O/c1-24-14-12-21-19(9-11-22-25(21,2)15-13-23(28)27-22)20(24)10-7-17(24)6-8-18-5-3-4-16-26-18/h3-6,8,16-17,19-22H,7,9-15H2,1-2H3,(H,27,28)/b8-6+/t17-,19-,20-,21-,22+,24+,25+/m0/s1. The lowest BCUT2D eigenvalue weighted by Crippen LogP contribution is -2.61. The first-order valence-corrected chi connectivity index (χ1v) is 11.4. The monoisotopic (exact) mass is 378 g/mol. The molecule has 0 bridgehead atoms. The minimum Gasteiger partial charge on any atom is -0.353 e. The summed E-state index contributed by atoms with van der Waals surface area (Å²) in [5.74, 6) is 3.45. The zero-order valence-electron chi connectivity index (χ0n) is 17.4. The number of nitrogens with zero attached hydrogens (tertiary/aromatic N) is 1. The van der Waals surface area contributed by atoms with E-state index in [1.807, 2.05) is 12.3 Å². The number of allylic oxidation sites excluding steroid dienone is 1. The van der Waals surface area contributed by atoms with Crippen molar-refractivity contribution in [2.75, 3.05) is 0 Å². The second kappa shape index (κ2) is 6.71. The number of piperidine rings is 1. The van der Waals surface area contributed by atoms with Crippen molar-refractivity contribution < 1.29 is 4.79 Å². The van der Waals surface area contributed by atoms with Crippen LogP contribution in [0.2, 0.25) is 0 Å². The van der Waals surface area contributed by atoms with Crippen molar-refractivity contribution >= 4 is 12.0 Å². The molecule has 3 heteroatoms. The van der Waals surface area contributed by atoms with E-state index in [2.05, 4.69) is 48.4 Å². The largest absolute Gasteiger partial charge is 0.353 e. The van der Waals surface area contributed by atoms with Gasteiger partial charge in [-0.15, -0.1) is 0 Å². The zero-order chi connectivity index (χ0) is 19.4. The number of pyridine rings is 1. The number of nitrogens with one attached hydrogen (secondary N) is 1. The van der Waals surface area contributed by atoms with E-state index in [-0.39, 0.29) is 5.91 Å². The van der Waals surface area contributed by atoms with Gasteiger partial charge in [-0.25, -0.2) is 0 Å². The second-order valence-electron chi connectivity index (χ2n) is 10.4. The van der Waals surface area contributed by atoms with Gasteiger partial charge in [0.25, 0.3) is 0 Å². The summed E-state index contributed by atoms with van der Waals surface area (Å²) < 4.78 is 0. The first-order valence-electron chi connectivity index (χ1n) is 11.4. The van der Waals surface area contributed by atoms with E-state index in [0.29, 0.717) is 22.8 Å². The first-order chi connectivity index (χ1) is 13.5. The van der Waals surface area contributed by atoms with Gasteiger partial charge >= 0.3 is 0 Å². The Morgan fingerprint density at radius 2 is 1.89 bits per heavy atom. The van der Waals surface area contributed by atoms with Gasteiger partial charge in [0.15, 0.2) is 0 Å². The molecule has 0 unspecified atom stereocenters. The highest BCUT2D eigenvalue weighted by atomic mass is 16.1. The molecule has 2 heterocycles. The normalized spacial score (nSPS) is 45.2. The lowest BCUT2D eigenvalue weighted by Gasteiger charge is -2.60. The minimum atomic E-state index is 0.280. The quantitative estimate of drug-likeness (QED) is 0.765. The van der Waals surface area contributed by atoms with Crippen LogP contribution in [0.25, 0.3) is 6.08 Å². The third-order valence-electron chi connectivity index (χ3n) is 9.36. The molecule has 5 rings (SSSR count). The lowest BCUT2D eigenvalue weighted by molar-refractivity contribution is -0.136. The number of hydrogen-bond acceptors (Lipinski definition) is 2. The molecule has 3 saturated carbocycles. The highest BCUT2D eigenvalue weighted by Crippen LogP contribution is 2.65. The van der Waals surface area contributed by atoms with Gasteiger partial charge in [-0.1, -0.05) is 26.0 Å². The second-order valence-corrected chi connectivity index (χ2v) is 10.4. The third kappa shape index (κ3) is 2.76. The minimum absolute atomic E-state index is 0.280. The number of amides is 1. The van der Waals surface area contributed by atoms with Crippen LogP contribution in [0.5, 0.6) is 0 Å². The molecule has 0 spiro atoms. The summed E-state index contributed by atoms with van der Waals surface area (Å²) in [6.07, 6.45) is 16.3. The number of rotatable bonds is 2. The average molecular weight is 379 g/mol. The molecule has 28 heavy (non-hydrogen) atoms. The van der Waals surface area contributed by atoms with Crippen LogP contribution in [-0.2, 0) is 4.79 Å². The molecule has 1 saturated heterocycles. The van der Waals surface area contributed by atoms with E-state index in [9.17, 15) is 4.79 Å². The van der Waals surface area contributed by atoms with Crippen molar-refractivity contribution in [1.82, 2.24) is 10.3 Å². The van der Waals surface area contributed by atoms with Crippen LogP contribution in [0.3, 0.4) is 0 Å². The van der Waals surface area contributed by atoms with Gasteiger partial charge in [-0.3, -0.25) is 9.78 Å². The van der Waals surface area contributed by atoms with Crippen LogP contribution in [0.15, 0.2) is 30.5 Å². The molecule has 1 aromatic rings. The van der Waals surface area contributed by atoms with Crippen LogP contribution >= 0.6 is 0 Å². The van der Waals surface area contributed by atoms with E-state index in [1.165, 1.54) is 38.5 Å². The van der Waals surface area contributed by atoms with Crippen LogP contribution in [0, 0.1) is 34.5 Å². The van der Waals surface area contributed by atoms with Crippen molar-refractivity contribution in [3.05, 3.63) is 36.2 Å². The van der Waals surface area contributed by atoms with Gasteiger partial charge in [-0.05, 0) is 97.7 Å². The maximum Gasteiger partial charge on any atom is 0.220 e. The molecule has 4 fully saturated rings. The van der Waals surface area contributed by atoms with Crippen LogP contribution in [-0.4, -0.2) is 16.9 Å². The molecule has 3 aliphatic carbocycles. The summed E-state index contributed by atoms with van der Waals surface area (Å²) >= 11 is 0. The Hall–Kier alpha value is -1.64. The fourth-order valence-electron chi connectivity index (χ4n) is 7.75. The van der Waals surface area contributed by atoms with Crippen molar-refractivity contribution in [3.63, 3.8) is 0 Å². The van der Waals surface area contributed by atoms with E-state index in [4.69, 9.17) is 0 Å². The summed E-state index contributed by atoms with van der Waals surface area (Å²) in [6.45, 7) is 5.06. The van der Waals surface area contributed by atoms with E-state index >= 15 is 0 Å². The van der Waals surface area contributed by atoms with Crippen LogP contribution in [0.4, 0.5) is 0 Å². The summed E-state index contributed by atoms with van der Waals surface area (Å²) in [7, 11) is 0. The molecule has 1 aromatic heterocycles. The fourth-order valence-corrected chi connectivity index (χ4v) is 7.75. The average Bonchev–Trinajstić information content (AvgIpc) is 3.04. The number of aromatic nitrogens is 1. The molecule has 4 aliphatic rings. The maximum absolute atomic E-state index is 12.0. The van der Waals surface area contributed by atoms with Crippen LogP contribution in [0.1, 0.15) is 70.9 Å². The highest BCUT2D eigenvalue weighted by Gasteiger charge is 2.59. The summed E-state index contributed by atoms with van der Waals surface area (Å²) in [5, 5.41) is 3.35. The predicted molar refractivity (Wildman–Crippen MR) is 112 cm³/mol. The Morgan fingerprint density at radius 3 is 2.71 bits per heavy atom. The summed E-state index contributed by atoms with van der Waals surface area (Å²) in [4.78, 5) is 16.4. The topological polar surface area (TPSA) is 42.0 Å². The lowest BCUT2D eigenvalue weighted by atomic mass is 9.47. The predicted octanol–water partition coefficient (Wildman–Crippen LogP) is 5.23. The molecule has 1 N–H and O–H groups in total. The SMILES string of the molecule is C[C@]12CCC(=O)N[C@@H]1CC[C@@H]1[C@@H]2CC[C@]2(C)[C@@H](/C=C/c3ccccn3)CC[C@@H]12. The molecule has 1 amide bonds. The van der Waals surface area contributed by atoms with Gasteiger partial charge in [0.1, 0.15) is 0 Å². The summed E-state index contributed by atoms with van der Waals surface area (Å²) in [6, 6.07) is 6.57. The molecular weight excluding hydrogens is 344 g/mol. The first kappa shape index (κ1) is 18.4. The number of carbonyl (C=O) groups is 1. The molecule has 150 valence electrons. The summed E-state index contributed by atoms with van der Waals surface area (Å²) in [5.41, 5.74) is 1.84. The van der Waals surface area contributed by atoms with Gasteiger partial charge in [0.2, 0.25) is 5.91 Å². The Kier molecular flexibility index (Phi) is 4.41. The van der Waals surface area contributed by atoms with Crippen molar-refractivity contribution in [1.29, 1.82) is 0 Å². The van der Waals surface area contributed by atoms with Gasteiger partial charge in [0, 0.05) is 18.7 Å². The van der Waals surface area contributed by atoms with Gasteiger partial charge in [0.05, 0.1) is 5.69 Å². The van der Waals surface area contributed by atoms with Crippen molar-refractivity contribution in [2.24, 2.45) is 34.5 Å². The van der Waals surface area contributed by atoms with Gasteiger partial charge in [-0.2, -0.15) is 0 Å². The van der Waals surface area contributed by atoms with Crippen LogP contribution < -0.4 is 5.32 Å². The number of hydrogen-bond donors (Lipinski definition) is 1. The van der Waals surface area contributed by atoms with E-state index < -0.39 is 0 Å². The van der Waals surface area contributed by atoms with E-state index in [1.54, 1.807) is 0 Å².